The molecule has 2 aromatic rings. The topological polar surface area (TPSA) is 56.8 Å². The molecule has 0 saturated carbocycles. The molecule has 0 bridgehead atoms. The maximum atomic E-state index is 12.9. The van der Waals surface area contributed by atoms with E-state index >= 15 is 0 Å². The van der Waals surface area contributed by atoms with Crippen LogP contribution in [-0.4, -0.2) is 48.4 Å². The fraction of sp³-hybridized carbons (Fsp3) is 0.421. The Morgan fingerprint density at radius 1 is 1.26 bits per heavy atom. The van der Waals surface area contributed by atoms with E-state index in [1.54, 1.807) is 23.3 Å². The highest BCUT2D eigenvalue weighted by Crippen LogP contribution is 2.42. The van der Waals surface area contributed by atoms with Crippen molar-refractivity contribution >= 4 is 45.6 Å². The van der Waals surface area contributed by atoms with E-state index in [-0.39, 0.29) is 18.4 Å². The van der Waals surface area contributed by atoms with E-state index in [4.69, 9.17) is 11.6 Å². The average molecular weight is 405 g/mol. The minimum absolute atomic E-state index is 0.0362. The number of anilines is 2. The van der Waals surface area contributed by atoms with E-state index in [1.807, 2.05) is 26.0 Å². The molecule has 6 nitrogen and oxygen atoms in total. The van der Waals surface area contributed by atoms with Gasteiger partial charge in [0.15, 0.2) is 0 Å². The van der Waals surface area contributed by atoms with Crippen molar-refractivity contribution in [2.45, 2.75) is 26.8 Å². The number of likely N-dealkylation sites (N-methyl/N-ethyl adjacent to an activating group) is 2. The first-order chi connectivity index (χ1) is 12.9. The second-order valence-corrected chi connectivity index (χ2v) is 8.40. The van der Waals surface area contributed by atoms with Crippen molar-refractivity contribution in [3.63, 3.8) is 0 Å². The van der Waals surface area contributed by atoms with Crippen molar-refractivity contribution in [1.29, 1.82) is 0 Å². The van der Waals surface area contributed by atoms with E-state index in [9.17, 15) is 9.59 Å². The van der Waals surface area contributed by atoms with Crippen LogP contribution in [0.5, 0.6) is 0 Å². The van der Waals surface area contributed by atoms with Gasteiger partial charge in [-0.2, -0.15) is 0 Å². The maximum Gasteiger partial charge on any atom is 0.257 e. The third-order valence-electron chi connectivity index (χ3n) is 5.10. The zero-order chi connectivity index (χ0) is 19.3. The number of aryl methyl sites for hydroxylation is 1. The van der Waals surface area contributed by atoms with Gasteiger partial charge in [0, 0.05) is 30.7 Å². The van der Waals surface area contributed by atoms with Crippen molar-refractivity contribution in [2.75, 3.05) is 36.5 Å². The van der Waals surface area contributed by atoms with Gasteiger partial charge in [-0.15, -0.1) is 11.3 Å². The first kappa shape index (κ1) is 18.3. The zero-order valence-electron chi connectivity index (χ0n) is 15.6. The first-order valence-corrected chi connectivity index (χ1v) is 10.2. The second kappa shape index (κ2) is 6.80. The lowest BCUT2D eigenvalue weighted by Gasteiger charge is -2.29. The van der Waals surface area contributed by atoms with Crippen molar-refractivity contribution < 1.29 is 9.59 Å². The van der Waals surface area contributed by atoms with Crippen LogP contribution in [0.2, 0.25) is 5.02 Å². The number of aromatic nitrogens is 1. The molecule has 4 heterocycles. The lowest BCUT2D eigenvalue weighted by Crippen LogP contribution is -2.37. The molecule has 0 spiro atoms. The monoisotopic (exact) mass is 404 g/mol. The summed E-state index contributed by atoms with van der Waals surface area (Å²) in [7, 11) is 1.69. The molecule has 2 aromatic heterocycles. The summed E-state index contributed by atoms with van der Waals surface area (Å²) in [6, 6.07) is 3.77. The number of pyridine rings is 1. The molecule has 0 aliphatic carbocycles. The van der Waals surface area contributed by atoms with Gasteiger partial charge < -0.3 is 14.7 Å². The molecule has 4 rings (SSSR count). The number of carbonyl (C=O) groups is 2. The van der Waals surface area contributed by atoms with Crippen molar-refractivity contribution in [3.8, 4) is 0 Å². The first-order valence-electron chi connectivity index (χ1n) is 8.99. The van der Waals surface area contributed by atoms with Crippen LogP contribution in [0.15, 0.2) is 12.1 Å². The van der Waals surface area contributed by atoms with Crippen LogP contribution in [0.25, 0.3) is 0 Å². The van der Waals surface area contributed by atoms with Crippen LogP contribution in [0.3, 0.4) is 0 Å². The van der Waals surface area contributed by atoms with E-state index in [2.05, 4.69) is 9.88 Å². The predicted molar refractivity (Wildman–Crippen MR) is 108 cm³/mol. The van der Waals surface area contributed by atoms with Gasteiger partial charge in [-0.25, -0.2) is 4.98 Å². The van der Waals surface area contributed by atoms with Crippen LogP contribution in [0.1, 0.15) is 33.4 Å². The molecule has 2 aliphatic rings. The van der Waals surface area contributed by atoms with Crippen LogP contribution >= 0.6 is 22.9 Å². The van der Waals surface area contributed by atoms with Crippen molar-refractivity contribution in [3.05, 3.63) is 38.9 Å². The molecule has 0 N–H and O–H groups in total. The summed E-state index contributed by atoms with van der Waals surface area (Å²) < 4.78 is 0. The SMILES string of the molecule is CCN1C(=O)CN(C)C(=O)c2c1sc1c2CCN(c2nc(C)ccc2Cl)C1. The van der Waals surface area contributed by atoms with Gasteiger partial charge in [-0.3, -0.25) is 9.59 Å². The Hall–Kier alpha value is -2.12. The summed E-state index contributed by atoms with van der Waals surface area (Å²) >= 11 is 7.92. The Bertz CT molecular complexity index is 942. The lowest BCUT2D eigenvalue weighted by atomic mass is 10.0. The molecule has 2 aliphatic heterocycles. The molecule has 8 heteroatoms. The number of halogens is 1. The second-order valence-electron chi connectivity index (χ2n) is 6.91. The Balaban J connectivity index is 1.76. The number of fused-ring (bicyclic) bond motifs is 3. The Morgan fingerprint density at radius 3 is 2.78 bits per heavy atom. The summed E-state index contributed by atoms with van der Waals surface area (Å²) in [5, 5.41) is 1.41. The summed E-state index contributed by atoms with van der Waals surface area (Å²) in [6.07, 6.45) is 0.735. The summed E-state index contributed by atoms with van der Waals surface area (Å²) in [5.41, 5.74) is 2.69. The quantitative estimate of drug-likeness (QED) is 0.771. The number of carbonyl (C=O) groups excluding carboxylic acids is 2. The van der Waals surface area contributed by atoms with Crippen molar-refractivity contribution in [2.24, 2.45) is 0 Å². The molecule has 0 unspecified atom stereocenters. The van der Waals surface area contributed by atoms with Gasteiger partial charge in [0.1, 0.15) is 17.4 Å². The fourth-order valence-corrected chi connectivity index (χ4v) is 5.37. The molecular formula is C19H21ClN4O2S. The fourth-order valence-electron chi connectivity index (χ4n) is 3.71. The Kier molecular flexibility index (Phi) is 4.60. The van der Waals surface area contributed by atoms with Gasteiger partial charge in [-0.1, -0.05) is 11.6 Å². The van der Waals surface area contributed by atoms with E-state index in [1.165, 1.54) is 4.90 Å². The molecule has 0 saturated heterocycles. The zero-order valence-corrected chi connectivity index (χ0v) is 17.2. The average Bonchev–Trinajstić information content (AvgIpc) is 2.97. The number of hydrogen-bond acceptors (Lipinski definition) is 5. The van der Waals surface area contributed by atoms with Gasteiger partial charge in [0.2, 0.25) is 5.91 Å². The van der Waals surface area contributed by atoms with Crippen LogP contribution in [0, 0.1) is 6.92 Å². The molecule has 0 aromatic carbocycles. The van der Waals surface area contributed by atoms with Crippen LogP contribution < -0.4 is 9.80 Å². The highest BCUT2D eigenvalue weighted by Gasteiger charge is 2.36. The maximum absolute atomic E-state index is 12.9. The van der Waals surface area contributed by atoms with Crippen molar-refractivity contribution in [1.82, 2.24) is 9.88 Å². The highest BCUT2D eigenvalue weighted by atomic mass is 35.5. The van der Waals surface area contributed by atoms with Gasteiger partial charge in [0.05, 0.1) is 17.1 Å². The molecule has 142 valence electrons. The highest BCUT2D eigenvalue weighted by molar-refractivity contribution is 7.17. The number of amides is 2. The van der Waals surface area contributed by atoms with E-state index in [0.29, 0.717) is 23.7 Å². The summed E-state index contributed by atoms with van der Waals surface area (Å²) in [6.45, 7) is 5.95. The molecule has 0 radical (unpaired) electrons. The van der Waals surface area contributed by atoms with Gasteiger partial charge in [0.25, 0.3) is 5.91 Å². The Labute approximate surface area is 167 Å². The van der Waals surface area contributed by atoms with E-state index in [0.717, 1.165) is 39.9 Å². The van der Waals surface area contributed by atoms with Crippen LogP contribution in [0.4, 0.5) is 10.8 Å². The standard InChI is InChI=1S/C19H21ClN4O2S/c1-4-24-15(25)10-22(3)18(26)16-12-7-8-23(9-14(12)27-19(16)24)17-13(20)6-5-11(2)21-17/h5-6H,4,7-10H2,1-3H3. The smallest absolute Gasteiger partial charge is 0.257 e. The lowest BCUT2D eigenvalue weighted by molar-refractivity contribution is -0.118. The predicted octanol–water partition coefficient (Wildman–Crippen LogP) is 3.11. The largest absolute Gasteiger partial charge is 0.350 e. The third kappa shape index (κ3) is 2.99. The number of thiophene rings is 1. The third-order valence-corrected chi connectivity index (χ3v) is 6.63. The normalized spacial score (nSPS) is 17.1. The summed E-state index contributed by atoms with van der Waals surface area (Å²) in [4.78, 5) is 36.6. The molecule has 2 amide bonds. The number of rotatable bonds is 2. The van der Waals surface area contributed by atoms with Gasteiger partial charge >= 0.3 is 0 Å². The molecule has 0 fully saturated rings. The molecule has 0 atom stereocenters. The Morgan fingerprint density at radius 2 is 2.04 bits per heavy atom. The van der Waals surface area contributed by atoms with E-state index < -0.39 is 0 Å². The number of hydrogen-bond donors (Lipinski definition) is 0. The summed E-state index contributed by atoms with van der Waals surface area (Å²) in [5.74, 6) is 0.677. The number of nitrogens with zero attached hydrogens (tertiary/aromatic N) is 4. The van der Waals surface area contributed by atoms with Gasteiger partial charge in [-0.05, 0) is 38.0 Å². The minimum Gasteiger partial charge on any atom is -0.350 e. The minimum atomic E-state index is -0.0630. The van der Waals surface area contributed by atoms with Crippen LogP contribution in [-0.2, 0) is 17.8 Å². The molecular weight excluding hydrogens is 384 g/mol. The molecule has 27 heavy (non-hydrogen) atoms.